The third-order valence-corrected chi connectivity index (χ3v) is 3.58. The molecule has 2 rings (SSSR count). The van der Waals surface area contributed by atoms with Crippen LogP contribution in [0.5, 0.6) is 11.5 Å². The van der Waals surface area contributed by atoms with E-state index in [9.17, 15) is 14.4 Å². The molecule has 26 heavy (non-hydrogen) atoms. The van der Waals surface area contributed by atoms with Crippen molar-refractivity contribution in [2.24, 2.45) is 0 Å². The average Bonchev–Trinajstić information content (AvgIpc) is 2.65. The number of carbonyl (C=O) groups excluding carboxylic acids is 3. The van der Waals surface area contributed by atoms with E-state index in [2.05, 4.69) is 10.6 Å². The fraction of sp³-hybridized carbons (Fsp3) is 0.211. The van der Waals surface area contributed by atoms with Crippen molar-refractivity contribution >= 4 is 23.3 Å². The van der Waals surface area contributed by atoms with E-state index in [1.807, 2.05) is 0 Å². The van der Waals surface area contributed by atoms with Gasteiger partial charge in [0.25, 0.3) is 5.91 Å². The van der Waals surface area contributed by atoms with Gasteiger partial charge in [0.05, 0.1) is 20.8 Å². The predicted octanol–water partition coefficient (Wildman–Crippen LogP) is 2.27. The molecular weight excluding hydrogens is 336 g/mol. The summed E-state index contributed by atoms with van der Waals surface area (Å²) in [4.78, 5) is 35.6. The highest BCUT2D eigenvalue weighted by atomic mass is 16.5. The standard InChI is InChI=1S/C19H20N2O5/c1-12(22)13-5-4-6-15(7-13)21-18(23)11-20-19(24)14-8-16(25-2)10-17(9-14)26-3/h4-10H,11H2,1-3H3,(H,20,24)(H,21,23). The Balaban J connectivity index is 1.98. The molecule has 0 radical (unpaired) electrons. The molecule has 0 aromatic heterocycles. The molecule has 0 unspecified atom stereocenters. The van der Waals surface area contributed by atoms with Gasteiger partial charge in [0.15, 0.2) is 5.78 Å². The Morgan fingerprint density at radius 3 is 2.15 bits per heavy atom. The number of ether oxygens (including phenoxy) is 2. The topological polar surface area (TPSA) is 93.7 Å². The maximum Gasteiger partial charge on any atom is 0.251 e. The lowest BCUT2D eigenvalue weighted by molar-refractivity contribution is -0.115. The number of hydrogen-bond acceptors (Lipinski definition) is 5. The highest BCUT2D eigenvalue weighted by Crippen LogP contribution is 2.22. The van der Waals surface area contributed by atoms with Gasteiger partial charge in [-0.05, 0) is 31.2 Å². The van der Waals surface area contributed by atoms with Gasteiger partial charge in [-0.2, -0.15) is 0 Å². The van der Waals surface area contributed by atoms with Crippen molar-refractivity contribution in [3.05, 3.63) is 53.6 Å². The predicted molar refractivity (Wildman–Crippen MR) is 97.0 cm³/mol. The van der Waals surface area contributed by atoms with Gasteiger partial charge in [0, 0.05) is 22.9 Å². The Kier molecular flexibility index (Phi) is 6.32. The minimum atomic E-state index is -0.435. The van der Waals surface area contributed by atoms with Crippen LogP contribution in [-0.2, 0) is 4.79 Å². The van der Waals surface area contributed by atoms with E-state index in [1.165, 1.54) is 21.1 Å². The summed E-state index contributed by atoms with van der Waals surface area (Å²) in [6.07, 6.45) is 0. The molecule has 0 bridgehead atoms. The first-order valence-electron chi connectivity index (χ1n) is 7.85. The Labute approximate surface area is 151 Å². The van der Waals surface area contributed by atoms with Crippen molar-refractivity contribution in [1.82, 2.24) is 5.32 Å². The minimum Gasteiger partial charge on any atom is -0.497 e. The van der Waals surface area contributed by atoms with Gasteiger partial charge < -0.3 is 20.1 Å². The molecule has 0 aliphatic heterocycles. The van der Waals surface area contributed by atoms with Gasteiger partial charge in [-0.3, -0.25) is 14.4 Å². The van der Waals surface area contributed by atoms with Crippen LogP contribution in [0.1, 0.15) is 27.6 Å². The molecule has 2 aromatic carbocycles. The molecule has 0 fully saturated rings. The van der Waals surface area contributed by atoms with Crippen LogP contribution in [0.15, 0.2) is 42.5 Å². The second-order valence-corrected chi connectivity index (χ2v) is 5.47. The number of rotatable bonds is 7. The Bertz CT molecular complexity index is 810. The van der Waals surface area contributed by atoms with E-state index in [0.29, 0.717) is 28.3 Å². The summed E-state index contributed by atoms with van der Waals surface area (Å²) in [7, 11) is 2.97. The number of hydrogen-bond donors (Lipinski definition) is 2. The number of Topliss-reactive ketones (excluding diaryl/α,β-unsaturated/α-hetero) is 1. The summed E-state index contributed by atoms with van der Waals surface area (Å²) < 4.78 is 10.2. The van der Waals surface area contributed by atoms with Gasteiger partial charge in [-0.15, -0.1) is 0 Å². The Morgan fingerprint density at radius 2 is 1.58 bits per heavy atom. The molecular formula is C19H20N2O5. The van der Waals surface area contributed by atoms with Crippen LogP contribution in [0.4, 0.5) is 5.69 Å². The molecule has 0 aliphatic carbocycles. The summed E-state index contributed by atoms with van der Waals surface area (Å²) in [6, 6.07) is 11.3. The maximum absolute atomic E-state index is 12.2. The number of benzene rings is 2. The molecule has 2 amide bonds. The summed E-state index contributed by atoms with van der Waals surface area (Å²) >= 11 is 0. The van der Waals surface area contributed by atoms with Crippen molar-refractivity contribution in [3.8, 4) is 11.5 Å². The molecule has 0 spiro atoms. The molecule has 0 saturated heterocycles. The minimum absolute atomic E-state index is 0.0960. The van der Waals surface area contributed by atoms with E-state index < -0.39 is 11.8 Å². The molecule has 0 heterocycles. The zero-order chi connectivity index (χ0) is 19.1. The molecule has 0 atom stereocenters. The molecule has 2 aromatic rings. The van der Waals surface area contributed by atoms with Crippen LogP contribution in [0.25, 0.3) is 0 Å². The lowest BCUT2D eigenvalue weighted by Crippen LogP contribution is -2.32. The van der Waals surface area contributed by atoms with E-state index >= 15 is 0 Å². The van der Waals surface area contributed by atoms with Gasteiger partial charge in [0.2, 0.25) is 5.91 Å². The summed E-state index contributed by atoms with van der Waals surface area (Å²) in [5.74, 6) is 0.00474. The van der Waals surface area contributed by atoms with Crippen LogP contribution in [0.2, 0.25) is 0 Å². The molecule has 0 saturated carbocycles. The maximum atomic E-state index is 12.2. The van der Waals surface area contributed by atoms with Gasteiger partial charge in [-0.1, -0.05) is 12.1 Å². The van der Waals surface area contributed by atoms with Gasteiger partial charge >= 0.3 is 0 Å². The average molecular weight is 356 g/mol. The first kappa shape index (κ1) is 19.0. The number of methoxy groups -OCH3 is 2. The van der Waals surface area contributed by atoms with Crippen molar-refractivity contribution in [2.75, 3.05) is 26.1 Å². The molecule has 0 aliphatic rings. The van der Waals surface area contributed by atoms with Gasteiger partial charge in [0.1, 0.15) is 11.5 Å². The second kappa shape index (κ2) is 8.66. The third kappa shape index (κ3) is 5.07. The summed E-state index contributed by atoms with van der Waals surface area (Å²) in [5, 5.41) is 5.16. The monoisotopic (exact) mass is 356 g/mol. The molecule has 7 heteroatoms. The van der Waals surface area contributed by atoms with Crippen molar-refractivity contribution < 1.29 is 23.9 Å². The van der Waals surface area contributed by atoms with Crippen molar-refractivity contribution in [2.45, 2.75) is 6.92 Å². The summed E-state index contributed by atoms with van der Waals surface area (Å²) in [6.45, 7) is 1.23. The highest BCUT2D eigenvalue weighted by Gasteiger charge is 2.12. The quantitative estimate of drug-likeness (QED) is 0.742. The van der Waals surface area contributed by atoms with Crippen LogP contribution in [0, 0.1) is 0 Å². The summed E-state index contributed by atoms with van der Waals surface area (Å²) in [5.41, 5.74) is 1.29. The molecule has 2 N–H and O–H groups in total. The fourth-order valence-electron chi connectivity index (χ4n) is 2.22. The lowest BCUT2D eigenvalue weighted by Gasteiger charge is -2.10. The van der Waals surface area contributed by atoms with E-state index in [0.717, 1.165) is 0 Å². The number of nitrogens with one attached hydrogen (secondary N) is 2. The Morgan fingerprint density at radius 1 is 0.923 bits per heavy atom. The zero-order valence-electron chi connectivity index (χ0n) is 14.8. The van der Waals surface area contributed by atoms with Crippen LogP contribution in [-0.4, -0.2) is 38.4 Å². The lowest BCUT2D eigenvalue weighted by atomic mass is 10.1. The highest BCUT2D eigenvalue weighted by molar-refractivity contribution is 6.00. The van der Waals surface area contributed by atoms with E-state index in [-0.39, 0.29) is 12.3 Å². The van der Waals surface area contributed by atoms with Crippen LogP contribution in [0.3, 0.4) is 0 Å². The number of anilines is 1. The van der Waals surface area contributed by atoms with Crippen LogP contribution < -0.4 is 20.1 Å². The normalized spacial score (nSPS) is 9.96. The first-order valence-corrected chi connectivity index (χ1v) is 7.85. The van der Waals surface area contributed by atoms with E-state index in [4.69, 9.17) is 9.47 Å². The smallest absolute Gasteiger partial charge is 0.251 e. The SMILES string of the molecule is COc1cc(OC)cc(C(=O)NCC(=O)Nc2cccc(C(C)=O)c2)c1. The first-order chi connectivity index (χ1) is 12.4. The zero-order valence-corrected chi connectivity index (χ0v) is 14.8. The van der Waals surface area contributed by atoms with Crippen molar-refractivity contribution in [1.29, 1.82) is 0 Å². The molecule has 7 nitrogen and oxygen atoms in total. The molecule has 136 valence electrons. The number of amides is 2. The van der Waals surface area contributed by atoms with Crippen LogP contribution >= 0.6 is 0 Å². The Hall–Kier alpha value is -3.35. The number of carbonyl (C=O) groups is 3. The van der Waals surface area contributed by atoms with Crippen molar-refractivity contribution in [3.63, 3.8) is 0 Å². The fourth-order valence-corrected chi connectivity index (χ4v) is 2.22. The third-order valence-electron chi connectivity index (χ3n) is 3.58. The second-order valence-electron chi connectivity index (χ2n) is 5.47. The van der Waals surface area contributed by atoms with Gasteiger partial charge in [-0.25, -0.2) is 0 Å². The number of ketones is 1. The largest absolute Gasteiger partial charge is 0.497 e. The van der Waals surface area contributed by atoms with E-state index in [1.54, 1.807) is 42.5 Å².